The Hall–Kier alpha value is -2.29. The molecule has 2 atom stereocenters. The Labute approximate surface area is 245 Å². The first kappa shape index (κ1) is 30.9. The first-order chi connectivity index (χ1) is 17.4. The van der Waals surface area contributed by atoms with E-state index in [9.17, 15) is 19.8 Å². The van der Waals surface area contributed by atoms with Gasteiger partial charge in [0.1, 0.15) is 0 Å². The molecule has 37 heavy (non-hydrogen) atoms. The number of carbonyl (C=O) groups is 2. The third kappa shape index (κ3) is 9.20. The number of amides is 1. The van der Waals surface area contributed by atoms with Crippen molar-refractivity contribution < 1.29 is 49.4 Å². The number of anilines is 1. The van der Waals surface area contributed by atoms with E-state index in [0.717, 1.165) is 28.8 Å². The van der Waals surface area contributed by atoms with Crippen molar-refractivity contribution in [1.82, 2.24) is 5.32 Å². The Morgan fingerprint density at radius 2 is 1.70 bits per heavy atom. The molecule has 0 aliphatic rings. The Bertz CT molecular complexity index is 1160. The van der Waals surface area contributed by atoms with Gasteiger partial charge >= 0.3 is 29.6 Å². The Kier molecular flexibility index (Phi) is 13.2. The first-order valence-corrected chi connectivity index (χ1v) is 13.4. The van der Waals surface area contributed by atoms with Crippen LogP contribution in [0, 0.1) is 12.8 Å². The number of rotatable bonds is 13. The average molecular weight is 529 g/mol. The van der Waals surface area contributed by atoms with Gasteiger partial charge in [-0.15, -0.1) is 0 Å². The van der Waals surface area contributed by atoms with Crippen LogP contribution in [0.1, 0.15) is 27.9 Å². The number of benzene rings is 3. The molecule has 8 heteroatoms. The topological polar surface area (TPSA) is 101 Å². The number of carboxylic acids is 1. The van der Waals surface area contributed by atoms with Crippen LogP contribution in [0.15, 0.2) is 72.8 Å². The van der Waals surface area contributed by atoms with Crippen LogP contribution in [0.2, 0.25) is 0 Å². The van der Waals surface area contributed by atoms with Crippen LogP contribution < -0.4 is 45.3 Å². The zero-order chi connectivity index (χ0) is 25.9. The van der Waals surface area contributed by atoms with Crippen LogP contribution in [0.5, 0.6) is 0 Å². The summed E-state index contributed by atoms with van der Waals surface area (Å²) in [5.74, 6) is -1.12. The third-order valence-corrected chi connectivity index (χ3v) is 6.76. The monoisotopic (exact) mass is 528 g/mol. The summed E-state index contributed by atoms with van der Waals surface area (Å²) < 4.78 is 0. The van der Waals surface area contributed by atoms with Gasteiger partial charge in [0.15, 0.2) is 0 Å². The zero-order valence-electron chi connectivity index (χ0n) is 21.7. The molecule has 3 aromatic carbocycles. The fourth-order valence-electron chi connectivity index (χ4n) is 4.08. The van der Waals surface area contributed by atoms with Crippen molar-refractivity contribution in [2.75, 3.05) is 30.5 Å². The molecule has 0 bridgehead atoms. The van der Waals surface area contributed by atoms with E-state index >= 15 is 0 Å². The molecule has 0 saturated carbocycles. The van der Waals surface area contributed by atoms with Gasteiger partial charge < -0.3 is 25.6 Å². The minimum atomic E-state index is -1.29. The van der Waals surface area contributed by atoms with E-state index in [4.69, 9.17) is 0 Å². The van der Waals surface area contributed by atoms with Crippen molar-refractivity contribution in [1.29, 1.82) is 0 Å². The van der Waals surface area contributed by atoms with Crippen molar-refractivity contribution >= 4 is 29.3 Å². The number of aryl methyl sites for hydroxylation is 1. The third-order valence-electron chi connectivity index (χ3n) is 6.12. The van der Waals surface area contributed by atoms with Gasteiger partial charge in [0.25, 0.3) is 5.91 Å². The molecule has 190 valence electrons. The number of aliphatic hydroxyl groups is 1. The van der Waals surface area contributed by atoms with E-state index in [1.165, 1.54) is 11.8 Å². The number of hydrogen-bond donors (Lipinski definition) is 3. The van der Waals surface area contributed by atoms with Gasteiger partial charge in [-0.2, -0.15) is 11.8 Å². The van der Waals surface area contributed by atoms with Crippen molar-refractivity contribution in [3.8, 4) is 11.1 Å². The standard InChI is InChI=1S/C29H34N2O4S.Na/c1-20-8-6-7-11-24(20)26-17-23(30-18-22(19-32)16-21-9-4-3-5-10-21)12-13-25(26)28(33)31-27(29(34)35)14-15-36-2;/h3-13,17,22,27,30,32H,14-16,18-19H2,1-2H3,(H,31,33)(H,34,35);/q;+1/p-1/t22?,27-;/m0./s1. The second-order valence-electron chi connectivity index (χ2n) is 8.82. The molecule has 0 fully saturated rings. The number of aliphatic hydroxyl groups excluding tert-OH is 1. The number of thioether (sulfide) groups is 1. The summed E-state index contributed by atoms with van der Waals surface area (Å²) in [7, 11) is 0. The molecule has 0 spiro atoms. The maximum absolute atomic E-state index is 13.2. The summed E-state index contributed by atoms with van der Waals surface area (Å²) in [4.78, 5) is 24.8. The molecule has 0 heterocycles. The van der Waals surface area contributed by atoms with Crippen LogP contribution in [-0.2, 0) is 11.2 Å². The van der Waals surface area contributed by atoms with Crippen LogP contribution >= 0.6 is 11.8 Å². The van der Waals surface area contributed by atoms with Crippen molar-refractivity contribution in [2.45, 2.75) is 25.8 Å². The largest absolute Gasteiger partial charge is 1.00 e. The molecular weight excluding hydrogens is 495 g/mol. The fourth-order valence-corrected chi connectivity index (χ4v) is 4.55. The van der Waals surface area contributed by atoms with Crippen molar-refractivity contribution in [3.05, 3.63) is 89.5 Å². The van der Waals surface area contributed by atoms with Crippen LogP contribution in [0.25, 0.3) is 11.1 Å². The summed E-state index contributed by atoms with van der Waals surface area (Å²) in [5.41, 5.74) is 4.97. The summed E-state index contributed by atoms with van der Waals surface area (Å²) in [6, 6.07) is 22.2. The number of carbonyl (C=O) groups excluding carboxylic acids is 2. The number of aliphatic carboxylic acids is 1. The van der Waals surface area contributed by atoms with Crippen LogP contribution in [0.3, 0.4) is 0 Å². The second-order valence-corrected chi connectivity index (χ2v) is 9.81. The minimum absolute atomic E-state index is 0. The second kappa shape index (κ2) is 15.8. The normalized spacial score (nSPS) is 12.2. The van der Waals surface area contributed by atoms with Gasteiger partial charge in [-0.25, -0.2) is 0 Å². The summed E-state index contributed by atoms with van der Waals surface area (Å²) in [6.45, 7) is 2.58. The van der Waals surface area contributed by atoms with Gasteiger partial charge in [0.05, 0.1) is 12.0 Å². The Morgan fingerprint density at radius 3 is 2.35 bits per heavy atom. The van der Waals surface area contributed by atoms with Crippen molar-refractivity contribution in [3.63, 3.8) is 0 Å². The van der Waals surface area contributed by atoms with Gasteiger partial charge in [-0.3, -0.25) is 4.79 Å². The van der Waals surface area contributed by atoms with E-state index in [0.29, 0.717) is 29.8 Å². The van der Waals surface area contributed by atoms with Gasteiger partial charge in [-0.05, 0) is 72.2 Å². The number of nitrogens with one attached hydrogen (secondary N) is 2. The van der Waals surface area contributed by atoms with Crippen LogP contribution in [-0.4, -0.2) is 48.2 Å². The molecule has 0 radical (unpaired) electrons. The Morgan fingerprint density at radius 1 is 1.00 bits per heavy atom. The Balaban J connectivity index is 0.00000481. The van der Waals surface area contributed by atoms with Gasteiger partial charge in [0, 0.05) is 30.3 Å². The SMILES string of the molecule is CSCC[C@H](NC(=O)c1ccc(NCC(CO)Cc2ccccc2)cc1-c1ccccc1C)C(=O)[O-].[Na+]. The van der Waals surface area contributed by atoms with Gasteiger partial charge in [-0.1, -0.05) is 54.6 Å². The van der Waals surface area contributed by atoms with E-state index in [1.807, 2.05) is 79.9 Å². The van der Waals surface area contributed by atoms with E-state index in [2.05, 4.69) is 10.6 Å². The molecular formula is C29H33N2NaO4S. The molecule has 0 aliphatic heterocycles. The van der Waals surface area contributed by atoms with Gasteiger partial charge in [0.2, 0.25) is 0 Å². The zero-order valence-corrected chi connectivity index (χ0v) is 24.5. The summed E-state index contributed by atoms with van der Waals surface area (Å²) >= 11 is 1.52. The van der Waals surface area contributed by atoms with Crippen molar-refractivity contribution in [2.24, 2.45) is 5.92 Å². The molecule has 1 unspecified atom stereocenters. The molecule has 0 aliphatic carbocycles. The smallest absolute Gasteiger partial charge is 0.548 e. The van der Waals surface area contributed by atoms with E-state index in [-0.39, 0.29) is 42.1 Å². The fraction of sp³-hybridized carbons (Fsp3) is 0.310. The average Bonchev–Trinajstić information content (AvgIpc) is 2.89. The number of hydrogen-bond acceptors (Lipinski definition) is 6. The number of carboxylic acid groups (broad SMARTS) is 1. The van der Waals surface area contributed by atoms with E-state index < -0.39 is 17.9 Å². The molecule has 3 rings (SSSR count). The molecule has 3 aromatic rings. The first-order valence-electron chi connectivity index (χ1n) is 12.0. The maximum atomic E-state index is 13.2. The molecule has 3 N–H and O–H groups in total. The predicted molar refractivity (Wildman–Crippen MR) is 145 cm³/mol. The summed E-state index contributed by atoms with van der Waals surface area (Å²) in [6.07, 6.45) is 2.92. The molecule has 0 saturated heterocycles. The molecule has 0 aromatic heterocycles. The summed E-state index contributed by atoms with van der Waals surface area (Å²) in [5, 5.41) is 27.5. The molecule has 6 nitrogen and oxygen atoms in total. The van der Waals surface area contributed by atoms with Crippen LogP contribution in [0.4, 0.5) is 5.69 Å². The van der Waals surface area contributed by atoms with E-state index in [1.54, 1.807) is 6.07 Å². The minimum Gasteiger partial charge on any atom is -0.548 e. The quantitative estimate of drug-likeness (QED) is 0.280. The maximum Gasteiger partial charge on any atom is 1.00 e. The predicted octanol–water partition coefficient (Wildman–Crippen LogP) is 0.531. The molecule has 1 amide bonds.